The molecule has 0 radical (unpaired) electrons. The zero-order valence-electron chi connectivity index (χ0n) is 47.9. The predicted molar refractivity (Wildman–Crippen MR) is 345 cm³/mol. The molecular formula is C76H67N2OP. The largest absolute Gasteiger partial charge is 0.455 e. The summed E-state index contributed by atoms with van der Waals surface area (Å²) in [5.41, 5.74) is 26.5. The molecule has 14 rings (SSSR count). The van der Waals surface area contributed by atoms with Gasteiger partial charge in [0.2, 0.25) is 0 Å². The molecule has 12 aromatic rings. The smallest absolute Gasteiger partial charge is 0.145 e. The zero-order valence-corrected chi connectivity index (χ0v) is 49.0. The Morgan fingerprint density at radius 1 is 0.388 bits per heavy atom. The Kier molecular flexibility index (Phi) is 11.2. The van der Waals surface area contributed by atoms with Crippen LogP contribution in [0.25, 0.3) is 65.7 Å². The molecular weight excluding hydrogens is 988 g/mol. The highest BCUT2D eigenvalue weighted by molar-refractivity contribution is 7.27. The first-order valence-electron chi connectivity index (χ1n) is 28.3. The molecule has 0 bridgehead atoms. The van der Waals surface area contributed by atoms with Gasteiger partial charge < -0.3 is 14.2 Å². The Bertz CT molecular complexity index is 4470. The van der Waals surface area contributed by atoms with Crippen molar-refractivity contribution in [2.45, 2.75) is 92.4 Å². The summed E-state index contributed by atoms with van der Waals surface area (Å²) < 4.78 is 7.56. The van der Waals surface area contributed by atoms with Crippen molar-refractivity contribution < 1.29 is 4.42 Å². The molecule has 0 saturated carbocycles. The number of furan rings is 1. The van der Waals surface area contributed by atoms with Gasteiger partial charge in [-0.3, -0.25) is 0 Å². The maximum absolute atomic E-state index is 7.56. The first-order chi connectivity index (χ1) is 38.4. The topological polar surface area (TPSA) is 19.6 Å². The van der Waals surface area contributed by atoms with Gasteiger partial charge in [0, 0.05) is 39.4 Å². The van der Waals surface area contributed by atoms with Crippen molar-refractivity contribution in [3.63, 3.8) is 0 Å². The van der Waals surface area contributed by atoms with E-state index in [1.54, 1.807) is 0 Å². The van der Waals surface area contributed by atoms with Crippen LogP contribution in [0.2, 0.25) is 0 Å². The van der Waals surface area contributed by atoms with Crippen LogP contribution < -0.4 is 15.1 Å². The number of para-hydroxylation sites is 1. The summed E-state index contributed by atoms with van der Waals surface area (Å²) in [5.74, 6) is 0. The molecule has 0 N–H and O–H groups in total. The monoisotopic (exact) mass is 1050 g/mol. The van der Waals surface area contributed by atoms with E-state index in [0.717, 1.165) is 66.9 Å². The number of anilines is 6. The van der Waals surface area contributed by atoms with Gasteiger partial charge in [-0.2, -0.15) is 0 Å². The Morgan fingerprint density at radius 2 is 0.912 bits per heavy atom. The molecule has 2 aliphatic carbocycles. The average molecular weight is 1060 g/mol. The lowest BCUT2D eigenvalue weighted by molar-refractivity contribution is 0.590. The summed E-state index contributed by atoms with van der Waals surface area (Å²) in [5, 5.41) is 8.22. The van der Waals surface area contributed by atoms with Gasteiger partial charge in [-0.1, -0.05) is 162 Å². The SMILES string of the molecule is Cc1cc(C)cc(N(c2ccc(C(C)(C)C)cc2)c2ccc3c4c(c5ccccc5c3c2)-c2c(cc(N(c3ccc(C(C)(C)C)cc3)c3cc(C)cc(C)c3)c3c2oc2ccccc23)C42c3ccc(C)cc3-c3cc(P)ccc32)c1. The molecule has 80 heavy (non-hydrogen) atoms. The van der Waals surface area contributed by atoms with Gasteiger partial charge in [-0.15, -0.1) is 9.24 Å². The molecule has 0 fully saturated rings. The van der Waals surface area contributed by atoms with E-state index in [1.165, 1.54) is 99.4 Å². The van der Waals surface area contributed by atoms with E-state index in [2.05, 4.69) is 289 Å². The van der Waals surface area contributed by atoms with E-state index in [0.29, 0.717) is 0 Å². The summed E-state index contributed by atoms with van der Waals surface area (Å²) in [7, 11) is 3.02. The van der Waals surface area contributed by atoms with Crippen LogP contribution in [0.15, 0.2) is 199 Å². The summed E-state index contributed by atoms with van der Waals surface area (Å²) in [4.78, 5) is 4.98. The van der Waals surface area contributed by atoms with Crippen molar-refractivity contribution >= 4 is 92.2 Å². The van der Waals surface area contributed by atoms with Crippen LogP contribution in [0.5, 0.6) is 0 Å². The summed E-state index contributed by atoms with van der Waals surface area (Å²) in [6.07, 6.45) is 0. The molecule has 11 aromatic carbocycles. The fourth-order valence-corrected chi connectivity index (χ4v) is 14.2. The number of rotatable bonds is 6. The van der Waals surface area contributed by atoms with Crippen LogP contribution in [-0.2, 0) is 16.2 Å². The third-order valence-corrected chi connectivity index (χ3v) is 17.8. The number of hydrogen-bond donors (Lipinski definition) is 0. The lowest BCUT2D eigenvalue weighted by Crippen LogP contribution is -2.27. The standard InChI is InChI=1S/C76H67N2OP/c1-44-20-32-64-62(40-44)63-42-56(80)30-33-65(63)76(64)66-43-67(78(55-38-47(4)35-48(5)39-55)52-27-23-50(24-28-52)75(9,10)11)69-60-18-14-15-19-68(60)79-73(69)71(66)70-58-17-13-12-16-57(58)61-41-53(29-31-59(61)72(70)76)77(54-36-45(2)34-46(3)37-54)51-25-21-49(22-26-51)74(6,7)8/h12-43H,80H2,1-11H3. The minimum absolute atomic E-state index is 0.0105. The minimum Gasteiger partial charge on any atom is -0.455 e. The molecule has 0 aliphatic heterocycles. The molecule has 1 aromatic heterocycles. The predicted octanol–water partition coefficient (Wildman–Crippen LogP) is 20.8. The molecule has 3 nitrogen and oxygen atoms in total. The van der Waals surface area contributed by atoms with Crippen molar-refractivity contribution in [3.05, 3.63) is 255 Å². The van der Waals surface area contributed by atoms with Crippen molar-refractivity contribution in [2.75, 3.05) is 9.80 Å². The molecule has 0 amide bonds. The van der Waals surface area contributed by atoms with E-state index in [1.807, 2.05) is 0 Å². The van der Waals surface area contributed by atoms with E-state index in [-0.39, 0.29) is 10.8 Å². The van der Waals surface area contributed by atoms with Gasteiger partial charge in [-0.25, -0.2) is 0 Å². The van der Waals surface area contributed by atoms with Gasteiger partial charge in [0.05, 0.1) is 16.5 Å². The Balaban J connectivity index is 1.15. The van der Waals surface area contributed by atoms with Gasteiger partial charge in [0.15, 0.2) is 0 Å². The molecule has 1 spiro atoms. The Morgan fingerprint density at radius 3 is 1.52 bits per heavy atom. The second-order valence-electron chi connectivity index (χ2n) is 25.2. The van der Waals surface area contributed by atoms with Crippen LogP contribution in [0.4, 0.5) is 34.1 Å². The summed E-state index contributed by atoms with van der Waals surface area (Å²) in [6, 6.07) is 74.5. The molecule has 1 heterocycles. The summed E-state index contributed by atoms with van der Waals surface area (Å²) in [6.45, 7) is 24.8. The van der Waals surface area contributed by atoms with E-state index in [9.17, 15) is 0 Å². The Labute approximate surface area is 473 Å². The van der Waals surface area contributed by atoms with Gasteiger partial charge in [0.1, 0.15) is 11.2 Å². The third kappa shape index (κ3) is 7.57. The second-order valence-corrected chi connectivity index (χ2v) is 25.9. The first kappa shape index (κ1) is 50.0. The number of fused-ring (bicyclic) bond motifs is 19. The van der Waals surface area contributed by atoms with Gasteiger partial charge in [0.25, 0.3) is 0 Å². The number of nitrogens with zero attached hydrogens (tertiary/aromatic N) is 2. The average Bonchev–Trinajstić information content (AvgIpc) is 1.97. The normalized spacial score (nSPS) is 14.6. The number of hydrogen-bond acceptors (Lipinski definition) is 3. The van der Waals surface area contributed by atoms with Crippen LogP contribution in [0, 0.1) is 34.6 Å². The molecule has 2 atom stereocenters. The van der Waals surface area contributed by atoms with Crippen molar-refractivity contribution in [1.29, 1.82) is 0 Å². The summed E-state index contributed by atoms with van der Waals surface area (Å²) >= 11 is 0. The minimum atomic E-state index is -0.756. The van der Waals surface area contributed by atoms with Crippen molar-refractivity contribution in [1.82, 2.24) is 0 Å². The second kappa shape index (κ2) is 17.9. The molecule has 4 heteroatoms. The first-order valence-corrected chi connectivity index (χ1v) is 28.9. The fourth-order valence-electron chi connectivity index (χ4n) is 14.0. The van der Waals surface area contributed by atoms with Crippen LogP contribution >= 0.6 is 9.24 Å². The molecule has 2 aliphatic rings. The molecule has 392 valence electrons. The van der Waals surface area contributed by atoms with Gasteiger partial charge in [-0.05, 0) is 223 Å². The van der Waals surface area contributed by atoms with Gasteiger partial charge >= 0.3 is 0 Å². The number of aryl methyl sites for hydroxylation is 5. The number of benzene rings is 11. The maximum atomic E-state index is 7.56. The fraction of sp³-hybridized carbons (Fsp3) is 0.184. The van der Waals surface area contributed by atoms with Crippen LogP contribution in [0.1, 0.15) is 103 Å². The highest BCUT2D eigenvalue weighted by Gasteiger charge is 2.55. The molecule has 2 unspecified atom stereocenters. The zero-order chi connectivity index (χ0) is 55.3. The molecule has 0 saturated heterocycles. The maximum Gasteiger partial charge on any atom is 0.145 e. The van der Waals surface area contributed by atoms with Crippen LogP contribution in [-0.4, -0.2) is 0 Å². The highest BCUT2D eigenvalue weighted by atomic mass is 31.0. The third-order valence-electron chi connectivity index (χ3n) is 17.4. The van der Waals surface area contributed by atoms with E-state index < -0.39 is 5.41 Å². The van der Waals surface area contributed by atoms with E-state index >= 15 is 0 Å². The lowest BCUT2D eigenvalue weighted by Gasteiger charge is -2.34. The lowest BCUT2D eigenvalue weighted by atomic mass is 9.69. The Hall–Kier alpha value is -8.23. The van der Waals surface area contributed by atoms with Crippen molar-refractivity contribution in [3.8, 4) is 22.3 Å². The van der Waals surface area contributed by atoms with Crippen molar-refractivity contribution in [2.24, 2.45) is 0 Å². The van der Waals surface area contributed by atoms with E-state index in [4.69, 9.17) is 4.42 Å². The van der Waals surface area contributed by atoms with Crippen LogP contribution in [0.3, 0.4) is 0 Å². The highest BCUT2D eigenvalue weighted by Crippen LogP contribution is 2.68. The quantitative estimate of drug-likeness (QED) is 0.122.